The lowest BCUT2D eigenvalue weighted by molar-refractivity contribution is -0.210. The first kappa shape index (κ1) is 13.2. The molecule has 0 spiro atoms. The van der Waals surface area contributed by atoms with Gasteiger partial charge in [-0.25, -0.2) is 4.39 Å². The molecule has 0 aliphatic heterocycles. The zero-order valence-electron chi connectivity index (χ0n) is 7.80. The average Bonchev–Trinajstić information content (AvgIpc) is 2.14. The summed E-state index contributed by atoms with van der Waals surface area (Å²) in [7, 11) is 0. The van der Waals surface area contributed by atoms with Crippen LogP contribution in [0, 0.1) is 5.82 Å². The molecule has 0 heterocycles. The maximum atomic E-state index is 13.2. The van der Waals surface area contributed by atoms with Crippen molar-refractivity contribution >= 4 is 11.6 Å². The highest BCUT2D eigenvalue weighted by Crippen LogP contribution is 2.33. The van der Waals surface area contributed by atoms with Crippen LogP contribution in [-0.2, 0) is 0 Å². The number of halogens is 5. The highest BCUT2D eigenvalue weighted by molar-refractivity contribution is 6.31. The number of nitrogens with two attached hydrogens (primary N) is 1. The van der Waals surface area contributed by atoms with Gasteiger partial charge in [0.2, 0.25) is 0 Å². The Morgan fingerprint density at radius 3 is 2.31 bits per heavy atom. The Morgan fingerprint density at radius 1 is 1.31 bits per heavy atom. The van der Waals surface area contributed by atoms with E-state index in [1.807, 2.05) is 0 Å². The quantitative estimate of drug-likeness (QED) is 0.799. The third-order valence-electron chi connectivity index (χ3n) is 2.01. The third-order valence-corrected chi connectivity index (χ3v) is 2.34. The van der Waals surface area contributed by atoms with Gasteiger partial charge in [0.05, 0.1) is 6.04 Å². The Balaban J connectivity index is 3.10. The third kappa shape index (κ3) is 2.63. The van der Waals surface area contributed by atoms with Crippen molar-refractivity contribution < 1.29 is 22.7 Å². The fourth-order valence-corrected chi connectivity index (χ4v) is 1.48. The molecule has 0 amide bonds. The number of hydrogen-bond acceptors (Lipinski definition) is 2. The molecule has 0 aliphatic carbocycles. The summed E-state index contributed by atoms with van der Waals surface area (Å²) in [5, 5.41) is 8.63. The molecule has 0 unspecified atom stereocenters. The van der Waals surface area contributed by atoms with Crippen molar-refractivity contribution in [3.8, 4) is 0 Å². The Kier molecular flexibility index (Phi) is 3.77. The van der Waals surface area contributed by atoms with Gasteiger partial charge >= 0.3 is 6.18 Å². The van der Waals surface area contributed by atoms with E-state index >= 15 is 0 Å². The van der Waals surface area contributed by atoms with Crippen LogP contribution in [0.2, 0.25) is 5.02 Å². The number of alkyl halides is 3. The van der Waals surface area contributed by atoms with Crippen LogP contribution >= 0.6 is 11.6 Å². The van der Waals surface area contributed by atoms with Gasteiger partial charge in [-0.2, -0.15) is 13.2 Å². The van der Waals surface area contributed by atoms with Crippen LogP contribution in [0.4, 0.5) is 17.6 Å². The smallest absolute Gasteiger partial charge is 0.382 e. The fraction of sp³-hybridized carbons (Fsp3) is 0.333. The molecule has 16 heavy (non-hydrogen) atoms. The molecule has 0 radical (unpaired) electrons. The summed E-state index contributed by atoms with van der Waals surface area (Å²) in [6.45, 7) is 0. The lowest BCUT2D eigenvalue weighted by atomic mass is 10.0. The molecular weight excluding hydrogens is 250 g/mol. The standard InChI is InChI=1S/C9H8ClF4NO/c10-4-2-1-3-5(11)6(4)7(15)8(16)9(12,13)14/h1-3,7-8,16H,15H2/t7-,8-/m1/s1. The van der Waals surface area contributed by atoms with Crippen molar-refractivity contribution in [1.29, 1.82) is 0 Å². The minimum atomic E-state index is -4.93. The normalized spacial score (nSPS) is 15.9. The van der Waals surface area contributed by atoms with Gasteiger partial charge in [-0.3, -0.25) is 0 Å². The molecule has 2 atom stereocenters. The molecule has 2 nitrogen and oxygen atoms in total. The van der Waals surface area contributed by atoms with Crippen molar-refractivity contribution in [2.45, 2.75) is 18.3 Å². The molecule has 90 valence electrons. The average molecular weight is 258 g/mol. The van der Waals surface area contributed by atoms with Crippen molar-refractivity contribution in [1.82, 2.24) is 0 Å². The van der Waals surface area contributed by atoms with Crippen LogP contribution in [0.1, 0.15) is 11.6 Å². The molecule has 0 saturated carbocycles. The minimum absolute atomic E-state index is 0.254. The largest absolute Gasteiger partial charge is 0.416 e. The van der Waals surface area contributed by atoms with Crippen LogP contribution < -0.4 is 5.73 Å². The predicted molar refractivity (Wildman–Crippen MR) is 50.4 cm³/mol. The maximum absolute atomic E-state index is 13.2. The van der Waals surface area contributed by atoms with Gasteiger partial charge in [-0.05, 0) is 12.1 Å². The van der Waals surface area contributed by atoms with Crippen molar-refractivity contribution in [3.63, 3.8) is 0 Å². The first-order valence-corrected chi connectivity index (χ1v) is 4.57. The molecule has 0 fully saturated rings. The second kappa shape index (κ2) is 4.57. The van der Waals surface area contributed by atoms with E-state index in [2.05, 4.69) is 0 Å². The van der Waals surface area contributed by atoms with E-state index < -0.39 is 29.7 Å². The molecule has 7 heteroatoms. The zero-order valence-corrected chi connectivity index (χ0v) is 8.56. The molecule has 3 N–H and O–H groups in total. The number of rotatable bonds is 2. The molecule has 0 bridgehead atoms. The molecule has 0 aromatic heterocycles. The Labute approximate surface area is 93.6 Å². The molecule has 0 aliphatic rings. The summed E-state index contributed by atoms with van der Waals surface area (Å²) < 4.78 is 49.7. The lowest BCUT2D eigenvalue weighted by Gasteiger charge is -2.22. The first-order valence-electron chi connectivity index (χ1n) is 4.19. The van der Waals surface area contributed by atoms with Gasteiger partial charge in [-0.15, -0.1) is 0 Å². The highest BCUT2D eigenvalue weighted by Gasteiger charge is 2.43. The van der Waals surface area contributed by atoms with Crippen LogP contribution in [0.5, 0.6) is 0 Å². The van der Waals surface area contributed by atoms with Crippen molar-refractivity contribution in [2.75, 3.05) is 0 Å². The summed E-state index contributed by atoms with van der Waals surface area (Å²) in [4.78, 5) is 0. The van der Waals surface area contributed by atoms with Gasteiger partial charge in [0.1, 0.15) is 5.82 Å². The van der Waals surface area contributed by atoms with Crippen LogP contribution in [0.25, 0.3) is 0 Å². The van der Waals surface area contributed by atoms with E-state index in [1.54, 1.807) is 0 Å². The van der Waals surface area contributed by atoms with E-state index in [9.17, 15) is 17.6 Å². The van der Waals surface area contributed by atoms with E-state index in [-0.39, 0.29) is 5.02 Å². The van der Waals surface area contributed by atoms with E-state index in [0.717, 1.165) is 6.07 Å². The second-order valence-electron chi connectivity index (χ2n) is 3.15. The minimum Gasteiger partial charge on any atom is -0.382 e. The Bertz CT molecular complexity index is 362. The zero-order chi connectivity index (χ0) is 12.5. The molecule has 1 aromatic rings. The topological polar surface area (TPSA) is 46.2 Å². The molecule has 0 saturated heterocycles. The maximum Gasteiger partial charge on any atom is 0.416 e. The Hall–Kier alpha value is -0.850. The Morgan fingerprint density at radius 2 is 1.88 bits per heavy atom. The van der Waals surface area contributed by atoms with Gasteiger partial charge in [0.15, 0.2) is 6.10 Å². The van der Waals surface area contributed by atoms with Gasteiger partial charge in [0.25, 0.3) is 0 Å². The number of aliphatic hydroxyl groups is 1. The summed E-state index contributed by atoms with van der Waals surface area (Å²) in [6, 6.07) is 1.40. The highest BCUT2D eigenvalue weighted by atomic mass is 35.5. The molecular formula is C9H8ClF4NO. The van der Waals surface area contributed by atoms with Crippen molar-refractivity contribution in [3.05, 3.63) is 34.6 Å². The summed E-state index contributed by atoms with van der Waals surface area (Å²) in [6.07, 6.45) is -7.78. The second-order valence-corrected chi connectivity index (χ2v) is 3.55. The fourth-order valence-electron chi connectivity index (χ4n) is 1.19. The van der Waals surface area contributed by atoms with E-state index in [1.165, 1.54) is 12.1 Å². The first-order chi connectivity index (χ1) is 7.25. The van der Waals surface area contributed by atoms with E-state index in [4.69, 9.17) is 22.4 Å². The van der Waals surface area contributed by atoms with Crippen molar-refractivity contribution in [2.24, 2.45) is 5.73 Å². The van der Waals surface area contributed by atoms with Crippen LogP contribution in [0.15, 0.2) is 18.2 Å². The molecule has 1 rings (SSSR count). The monoisotopic (exact) mass is 257 g/mol. The number of hydrogen-bond donors (Lipinski definition) is 2. The summed E-state index contributed by atoms with van der Waals surface area (Å²) in [5.41, 5.74) is 4.58. The SMILES string of the molecule is N[C@H](c1c(F)cccc1Cl)[C@@H](O)C(F)(F)F. The summed E-state index contributed by atoms with van der Waals surface area (Å²) >= 11 is 5.52. The van der Waals surface area contributed by atoms with Gasteiger partial charge in [-0.1, -0.05) is 17.7 Å². The lowest BCUT2D eigenvalue weighted by Crippen LogP contribution is -2.39. The number of aliphatic hydroxyl groups excluding tert-OH is 1. The van der Waals surface area contributed by atoms with Crippen LogP contribution in [-0.4, -0.2) is 17.4 Å². The van der Waals surface area contributed by atoms with Crippen LogP contribution in [0.3, 0.4) is 0 Å². The summed E-state index contributed by atoms with van der Waals surface area (Å²) in [5.74, 6) is -0.983. The van der Waals surface area contributed by atoms with Gasteiger partial charge in [0, 0.05) is 10.6 Å². The van der Waals surface area contributed by atoms with E-state index in [0.29, 0.717) is 0 Å². The predicted octanol–water partition coefficient (Wildman–Crippen LogP) is 2.40. The van der Waals surface area contributed by atoms with Gasteiger partial charge < -0.3 is 10.8 Å². The number of benzene rings is 1. The molecule has 1 aromatic carbocycles.